The number of ether oxygens (including phenoxy) is 1. The number of amides is 1. The summed E-state index contributed by atoms with van der Waals surface area (Å²) in [5.74, 6) is -0.510. The molecule has 0 aromatic heterocycles. The Kier molecular flexibility index (Phi) is 3.62. The number of primary amides is 1. The minimum absolute atomic E-state index is 0.0419. The highest BCUT2D eigenvalue weighted by Gasteiger charge is 2.14. The van der Waals surface area contributed by atoms with Crippen LogP contribution >= 0.6 is 0 Å². The largest absolute Gasteiger partial charge is 0.496 e. The maximum absolute atomic E-state index is 13.0. The van der Waals surface area contributed by atoms with Gasteiger partial charge in [0.25, 0.3) is 0 Å². The Hall–Kier alpha value is -1.62. The molecule has 1 atom stereocenters. The van der Waals surface area contributed by atoms with Crippen LogP contribution in [0.4, 0.5) is 4.39 Å². The summed E-state index contributed by atoms with van der Waals surface area (Å²) in [7, 11) is 1.45. The molecule has 5 heteroatoms. The van der Waals surface area contributed by atoms with Crippen LogP contribution in [-0.4, -0.2) is 13.0 Å². The molecule has 0 aliphatic carbocycles. The predicted octanol–water partition coefficient (Wildman–Crippen LogP) is 0.710. The van der Waals surface area contributed by atoms with Gasteiger partial charge in [0, 0.05) is 18.0 Å². The van der Waals surface area contributed by atoms with Crippen LogP contribution < -0.4 is 16.2 Å². The second-order valence-electron chi connectivity index (χ2n) is 3.16. The number of carbonyl (C=O) groups is 1. The average molecular weight is 212 g/mol. The summed E-state index contributed by atoms with van der Waals surface area (Å²) in [6, 6.07) is 3.32. The smallest absolute Gasteiger partial charge is 0.219 e. The Morgan fingerprint density at radius 2 is 2.27 bits per heavy atom. The fourth-order valence-electron chi connectivity index (χ4n) is 1.32. The molecule has 1 aromatic rings. The van der Waals surface area contributed by atoms with E-state index in [1.165, 1.54) is 25.3 Å². The van der Waals surface area contributed by atoms with Gasteiger partial charge in [-0.2, -0.15) is 0 Å². The van der Waals surface area contributed by atoms with Crippen molar-refractivity contribution >= 4 is 5.91 Å². The van der Waals surface area contributed by atoms with E-state index in [0.29, 0.717) is 11.3 Å². The van der Waals surface area contributed by atoms with Crippen molar-refractivity contribution < 1.29 is 13.9 Å². The molecule has 4 N–H and O–H groups in total. The first kappa shape index (κ1) is 11.5. The summed E-state index contributed by atoms with van der Waals surface area (Å²) in [6.07, 6.45) is -0.0419. The normalized spacial score (nSPS) is 12.2. The summed E-state index contributed by atoms with van der Waals surface area (Å²) in [5, 5.41) is 0. The number of carbonyl (C=O) groups excluding carboxylic acids is 1. The molecule has 0 fully saturated rings. The highest BCUT2D eigenvalue weighted by atomic mass is 19.1. The summed E-state index contributed by atoms with van der Waals surface area (Å²) >= 11 is 0. The zero-order valence-electron chi connectivity index (χ0n) is 8.37. The second kappa shape index (κ2) is 4.75. The first-order valence-electron chi connectivity index (χ1n) is 4.42. The summed E-state index contributed by atoms with van der Waals surface area (Å²) < 4.78 is 18.0. The zero-order chi connectivity index (χ0) is 11.4. The van der Waals surface area contributed by atoms with Crippen molar-refractivity contribution in [1.82, 2.24) is 0 Å². The molecule has 0 spiro atoms. The third-order valence-electron chi connectivity index (χ3n) is 2.01. The molecule has 0 aliphatic rings. The van der Waals surface area contributed by atoms with Gasteiger partial charge in [-0.3, -0.25) is 4.79 Å². The molecule has 0 saturated heterocycles. The van der Waals surface area contributed by atoms with Gasteiger partial charge in [0.05, 0.1) is 7.11 Å². The Morgan fingerprint density at radius 3 is 2.80 bits per heavy atom. The minimum atomic E-state index is -0.645. The van der Waals surface area contributed by atoms with Crippen LogP contribution in [0.5, 0.6) is 5.75 Å². The van der Waals surface area contributed by atoms with E-state index in [9.17, 15) is 9.18 Å². The molecule has 0 aliphatic heterocycles. The SMILES string of the molecule is COc1ccc(F)cc1C(N)CC(N)=O. The molecule has 0 radical (unpaired) electrons. The van der Waals surface area contributed by atoms with E-state index >= 15 is 0 Å². The summed E-state index contributed by atoms with van der Waals surface area (Å²) in [5.41, 5.74) is 11.1. The lowest BCUT2D eigenvalue weighted by Gasteiger charge is -2.14. The van der Waals surface area contributed by atoms with Gasteiger partial charge in [-0.15, -0.1) is 0 Å². The molecule has 1 aromatic carbocycles. The summed E-state index contributed by atoms with van der Waals surface area (Å²) in [6.45, 7) is 0. The Morgan fingerprint density at radius 1 is 1.60 bits per heavy atom. The van der Waals surface area contributed by atoms with E-state index in [-0.39, 0.29) is 6.42 Å². The lowest BCUT2D eigenvalue weighted by atomic mass is 10.0. The first-order valence-corrected chi connectivity index (χ1v) is 4.42. The van der Waals surface area contributed by atoms with Crippen molar-refractivity contribution in [3.05, 3.63) is 29.6 Å². The van der Waals surface area contributed by atoms with Crippen LogP contribution in [0.3, 0.4) is 0 Å². The predicted molar refractivity (Wildman–Crippen MR) is 53.7 cm³/mol. The van der Waals surface area contributed by atoms with Gasteiger partial charge in [-0.1, -0.05) is 0 Å². The van der Waals surface area contributed by atoms with Crippen LogP contribution in [0.15, 0.2) is 18.2 Å². The van der Waals surface area contributed by atoms with Gasteiger partial charge >= 0.3 is 0 Å². The monoisotopic (exact) mass is 212 g/mol. The van der Waals surface area contributed by atoms with Crippen LogP contribution in [0.1, 0.15) is 18.0 Å². The van der Waals surface area contributed by atoms with E-state index < -0.39 is 17.8 Å². The molecule has 4 nitrogen and oxygen atoms in total. The Balaban J connectivity index is 2.99. The van der Waals surface area contributed by atoms with Gasteiger partial charge in [-0.25, -0.2) is 4.39 Å². The number of nitrogens with two attached hydrogens (primary N) is 2. The second-order valence-corrected chi connectivity index (χ2v) is 3.16. The van der Waals surface area contributed by atoms with E-state index in [0.717, 1.165) is 0 Å². The molecule has 1 unspecified atom stereocenters. The molecule has 82 valence electrons. The maximum atomic E-state index is 13.0. The van der Waals surface area contributed by atoms with Gasteiger partial charge in [-0.05, 0) is 18.2 Å². The fourth-order valence-corrected chi connectivity index (χ4v) is 1.32. The third kappa shape index (κ3) is 2.92. The Bertz CT molecular complexity index is 368. The number of hydrogen-bond acceptors (Lipinski definition) is 3. The molecule has 1 rings (SSSR count). The third-order valence-corrected chi connectivity index (χ3v) is 2.01. The molecule has 15 heavy (non-hydrogen) atoms. The molecule has 1 amide bonds. The Labute approximate surface area is 87.0 Å². The number of rotatable bonds is 4. The van der Waals surface area contributed by atoms with Gasteiger partial charge < -0.3 is 16.2 Å². The van der Waals surface area contributed by atoms with E-state index in [1.54, 1.807) is 0 Å². The van der Waals surface area contributed by atoms with Gasteiger partial charge in [0.15, 0.2) is 0 Å². The standard InChI is InChI=1S/C10H13FN2O2/c1-15-9-3-2-6(11)4-7(9)8(12)5-10(13)14/h2-4,8H,5,12H2,1H3,(H2,13,14). The molecule has 0 bridgehead atoms. The highest BCUT2D eigenvalue weighted by Crippen LogP contribution is 2.26. The lowest BCUT2D eigenvalue weighted by Crippen LogP contribution is -2.21. The van der Waals surface area contributed by atoms with Crippen molar-refractivity contribution in [3.63, 3.8) is 0 Å². The van der Waals surface area contributed by atoms with Crippen LogP contribution in [0.25, 0.3) is 0 Å². The van der Waals surface area contributed by atoms with Crippen LogP contribution in [0.2, 0.25) is 0 Å². The fraction of sp³-hybridized carbons (Fsp3) is 0.300. The van der Waals surface area contributed by atoms with Crippen molar-refractivity contribution in [1.29, 1.82) is 0 Å². The average Bonchev–Trinajstić information content (AvgIpc) is 2.16. The molecule has 0 heterocycles. The number of methoxy groups -OCH3 is 1. The van der Waals surface area contributed by atoms with Crippen LogP contribution in [-0.2, 0) is 4.79 Å². The van der Waals surface area contributed by atoms with E-state index in [4.69, 9.17) is 16.2 Å². The quantitative estimate of drug-likeness (QED) is 0.771. The minimum Gasteiger partial charge on any atom is -0.496 e. The van der Waals surface area contributed by atoms with Crippen molar-refractivity contribution in [2.45, 2.75) is 12.5 Å². The maximum Gasteiger partial charge on any atom is 0.219 e. The molecule has 0 saturated carbocycles. The van der Waals surface area contributed by atoms with Crippen molar-refractivity contribution in [2.24, 2.45) is 11.5 Å². The first-order chi connectivity index (χ1) is 7.04. The van der Waals surface area contributed by atoms with Crippen molar-refractivity contribution in [2.75, 3.05) is 7.11 Å². The van der Waals surface area contributed by atoms with Gasteiger partial charge in [0.2, 0.25) is 5.91 Å². The van der Waals surface area contributed by atoms with Crippen molar-refractivity contribution in [3.8, 4) is 5.75 Å². The van der Waals surface area contributed by atoms with E-state index in [2.05, 4.69) is 0 Å². The zero-order valence-corrected chi connectivity index (χ0v) is 8.37. The van der Waals surface area contributed by atoms with E-state index in [1.807, 2.05) is 0 Å². The van der Waals surface area contributed by atoms with Gasteiger partial charge in [0.1, 0.15) is 11.6 Å². The number of hydrogen-bond donors (Lipinski definition) is 2. The number of halogens is 1. The summed E-state index contributed by atoms with van der Waals surface area (Å²) in [4.78, 5) is 10.7. The lowest BCUT2D eigenvalue weighted by molar-refractivity contribution is -0.118. The topological polar surface area (TPSA) is 78.3 Å². The number of benzene rings is 1. The van der Waals surface area contributed by atoms with Crippen LogP contribution in [0, 0.1) is 5.82 Å². The molecular weight excluding hydrogens is 199 g/mol. The molecular formula is C10H13FN2O2. The highest BCUT2D eigenvalue weighted by molar-refractivity contribution is 5.74.